The molecule has 2 aromatic heterocycles. The lowest BCUT2D eigenvalue weighted by molar-refractivity contribution is 0.754. The van der Waals surface area contributed by atoms with Gasteiger partial charge in [0.15, 0.2) is 0 Å². The van der Waals surface area contributed by atoms with Crippen LogP contribution in [0.25, 0.3) is 21.9 Å². The first-order valence-electron chi connectivity index (χ1n) is 7.13. The number of nitrogens with zero attached hydrogens (tertiary/aromatic N) is 2. The number of anilines is 1. The second-order valence-corrected chi connectivity index (χ2v) is 5.10. The lowest BCUT2D eigenvalue weighted by Gasteiger charge is -2.06. The van der Waals surface area contributed by atoms with E-state index >= 15 is 0 Å². The van der Waals surface area contributed by atoms with E-state index in [1.807, 2.05) is 24.3 Å². The van der Waals surface area contributed by atoms with Crippen molar-refractivity contribution in [2.75, 3.05) is 11.9 Å². The summed E-state index contributed by atoms with van der Waals surface area (Å²) in [5.41, 5.74) is 3.32. The van der Waals surface area contributed by atoms with E-state index in [1.165, 1.54) is 10.9 Å². The number of aromatic amines is 1. The number of imidazole rings is 1. The van der Waals surface area contributed by atoms with Gasteiger partial charge in [-0.3, -0.25) is 0 Å². The molecule has 0 aliphatic carbocycles. The van der Waals surface area contributed by atoms with Crippen LogP contribution in [-0.4, -0.2) is 21.1 Å². The van der Waals surface area contributed by atoms with E-state index in [4.69, 9.17) is 0 Å². The van der Waals surface area contributed by atoms with Crippen molar-refractivity contribution in [1.82, 2.24) is 14.5 Å². The number of para-hydroxylation sites is 3. The standard InChI is InChI=1S/C17H16N4/c1-4-8-16-13(5-1)9-11-21(16)12-10-18-17-19-14-6-2-3-7-15(14)20-17/h1-9,11H,10,12H2,(H2,18,19,20). The van der Waals surface area contributed by atoms with Crippen LogP contribution in [0.3, 0.4) is 0 Å². The van der Waals surface area contributed by atoms with Gasteiger partial charge in [-0.05, 0) is 29.7 Å². The van der Waals surface area contributed by atoms with E-state index in [0.717, 1.165) is 30.1 Å². The first-order chi connectivity index (χ1) is 10.4. The van der Waals surface area contributed by atoms with Crippen molar-refractivity contribution in [3.05, 3.63) is 60.8 Å². The average Bonchev–Trinajstić information content (AvgIpc) is 3.11. The van der Waals surface area contributed by atoms with Crippen molar-refractivity contribution in [1.29, 1.82) is 0 Å². The van der Waals surface area contributed by atoms with Gasteiger partial charge >= 0.3 is 0 Å². The first-order valence-corrected chi connectivity index (χ1v) is 7.13. The number of rotatable bonds is 4. The van der Waals surface area contributed by atoms with Gasteiger partial charge in [0.1, 0.15) is 0 Å². The van der Waals surface area contributed by atoms with Crippen LogP contribution < -0.4 is 5.32 Å². The summed E-state index contributed by atoms with van der Waals surface area (Å²) < 4.78 is 2.25. The van der Waals surface area contributed by atoms with E-state index in [0.29, 0.717) is 0 Å². The summed E-state index contributed by atoms with van der Waals surface area (Å²) in [6.07, 6.45) is 2.13. The number of hydrogen-bond acceptors (Lipinski definition) is 2. The molecule has 0 saturated carbocycles. The largest absolute Gasteiger partial charge is 0.354 e. The van der Waals surface area contributed by atoms with Crippen LogP contribution in [0.1, 0.15) is 0 Å². The van der Waals surface area contributed by atoms with E-state index in [9.17, 15) is 0 Å². The van der Waals surface area contributed by atoms with E-state index < -0.39 is 0 Å². The van der Waals surface area contributed by atoms with E-state index in [1.54, 1.807) is 0 Å². The summed E-state index contributed by atoms with van der Waals surface area (Å²) in [6, 6.07) is 18.6. The van der Waals surface area contributed by atoms with Crippen LogP contribution >= 0.6 is 0 Å². The Morgan fingerprint density at radius 1 is 1.00 bits per heavy atom. The molecule has 2 aromatic carbocycles. The number of benzene rings is 2. The van der Waals surface area contributed by atoms with E-state index in [2.05, 4.69) is 56.4 Å². The molecule has 0 fully saturated rings. The van der Waals surface area contributed by atoms with Crippen molar-refractivity contribution in [3.63, 3.8) is 0 Å². The molecule has 0 bridgehead atoms. The molecule has 2 heterocycles. The van der Waals surface area contributed by atoms with Crippen molar-refractivity contribution in [3.8, 4) is 0 Å². The third-order valence-corrected chi connectivity index (χ3v) is 3.71. The lowest BCUT2D eigenvalue weighted by Crippen LogP contribution is -2.10. The van der Waals surface area contributed by atoms with Gasteiger partial charge in [0.05, 0.1) is 11.0 Å². The smallest absolute Gasteiger partial charge is 0.201 e. The van der Waals surface area contributed by atoms with E-state index in [-0.39, 0.29) is 0 Å². The Morgan fingerprint density at radius 2 is 1.86 bits per heavy atom. The maximum absolute atomic E-state index is 4.52. The molecule has 0 radical (unpaired) electrons. The van der Waals surface area contributed by atoms with Gasteiger partial charge in [0.25, 0.3) is 0 Å². The van der Waals surface area contributed by atoms with Crippen LogP contribution in [0.15, 0.2) is 60.8 Å². The zero-order chi connectivity index (χ0) is 14.1. The summed E-state index contributed by atoms with van der Waals surface area (Å²) in [5.74, 6) is 0.827. The molecule has 0 amide bonds. The fourth-order valence-electron chi connectivity index (χ4n) is 2.67. The van der Waals surface area contributed by atoms with Crippen molar-refractivity contribution in [2.45, 2.75) is 6.54 Å². The molecule has 4 rings (SSSR count). The highest BCUT2D eigenvalue weighted by Crippen LogP contribution is 2.15. The van der Waals surface area contributed by atoms with Gasteiger partial charge in [-0.25, -0.2) is 4.98 Å². The van der Waals surface area contributed by atoms with Gasteiger partial charge in [-0.2, -0.15) is 0 Å². The fraction of sp³-hybridized carbons (Fsp3) is 0.118. The van der Waals surface area contributed by atoms with Gasteiger partial charge in [0.2, 0.25) is 5.95 Å². The number of H-pyrrole nitrogens is 1. The molecule has 104 valence electrons. The highest BCUT2D eigenvalue weighted by atomic mass is 15.1. The SMILES string of the molecule is c1ccc2c(c1)ccn2CCNc1nc2ccccc2[nH]1. The molecule has 2 N–H and O–H groups in total. The Kier molecular flexibility index (Phi) is 2.85. The molecular formula is C17H16N4. The average molecular weight is 276 g/mol. The molecule has 21 heavy (non-hydrogen) atoms. The normalized spacial score (nSPS) is 11.2. The van der Waals surface area contributed by atoms with Gasteiger partial charge in [-0.15, -0.1) is 0 Å². The minimum absolute atomic E-state index is 0.827. The summed E-state index contributed by atoms with van der Waals surface area (Å²) in [4.78, 5) is 7.80. The van der Waals surface area contributed by atoms with Crippen molar-refractivity contribution in [2.24, 2.45) is 0 Å². The molecule has 4 nitrogen and oxygen atoms in total. The highest BCUT2D eigenvalue weighted by Gasteiger charge is 2.02. The van der Waals surface area contributed by atoms with Crippen LogP contribution in [0.5, 0.6) is 0 Å². The minimum atomic E-state index is 0.827. The number of fused-ring (bicyclic) bond motifs is 2. The quantitative estimate of drug-likeness (QED) is 0.598. The topological polar surface area (TPSA) is 45.6 Å². The van der Waals surface area contributed by atoms with Crippen LogP contribution in [0, 0.1) is 0 Å². The van der Waals surface area contributed by atoms with Crippen molar-refractivity contribution < 1.29 is 0 Å². The third kappa shape index (κ3) is 2.25. The molecule has 4 aromatic rings. The van der Waals surface area contributed by atoms with Crippen molar-refractivity contribution >= 4 is 27.9 Å². The highest BCUT2D eigenvalue weighted by molar-refractivity contribution is 5.80. The molecule has 0 spiro atoms. The van der Waals surface area contributed by atoms with Gasteiger partial charge < -0.3 is 14.9 Å². The Bertz CT molecular complexity index is 855. The minimum Gasteiger partial charge on any atom is -0.354 e. The predicted octanol–water partition coefficient (Wildman–Crippen LogP) is 3.63. The molecule has 0 unspecified atom stereocenters. The number of hydrogen-bond donors (Lipinski definition) is 2. The molecular weight excluding hydrogens is 260 g/mol. The maximum Gasteiger partial charge on any atom is 0.201 e. The molecule has 0 atom stereocenters. The Balaban J connectivity index is 1.47. The summed E-state index contributed by atoms with van der Waals surface area (Å²) >= 11 is 0. The van der Waals surface area contributed by atoms with Gasteiger partial charge in [-0.1, -0.05) is 30.3 Å². The Hall–Kier alpha value is -2.75. The third-order valence-electron chi connectivity index (χ3n) is 3.71. The zero-order valence-electron chi connectivity index (χ0n) is 11.6. The summed E-state index contributed by atoms with van der Waals surface area (Å²) in [5, 5.41) is 4.63. The molecule has 4 heteroatoms. The van der Waals surface area contributed by atoms with Crippen LogP contribution in [0.2, 0.25) is 0 Å². The number of nitrogens with one attached hydrogen (secondary N) is 2. The molecule has 0 saturated heterocycles. The lowest BCUT2D eigenvalue weighted by atomic mass is 10.2. The summed E-state index contributed by atoms with van der Waals surface area (Å²) in [6.45, 7) is 1.74. The predicted molar refractivity (Wildman–Crippen MR) is 86.5 cm³/mol. The second-order valence-electron chi connectivity index (χ2n) is 5.10. The molecule has 0 aliphatic heterocycles. The Labute approximate surface area is 122 Å². The monoisotopic (exact) mass is 276 g/mol. The zero-order valence-corrected chi connectivity index (χ0v) is 11.6. The fourth-order valence-corrected chi connectivity index (χ4v) is 2.67. The number of aromatic nitrogens is 3. The van der Waals surface area contributed by atoms with Gasteiger partial charge in [0, 0.05) is 24.8 Å². The van der Waals surface area contributed by atoms with Crippen LogP contribution in [-0.2, 0) is 6.54 Å². The molecule has 0 aliphatic rings. The van der Waals surface area contributed by atoms with Crippen LogP contribution in [0.4, 0.5) is 5.95 Å². The first kappa shape index (κ1) is 12.0. The Morgan fingerprint density at radius 3 is 2.81 bits per heavy atom. The summed E-state index contributed by atoms with van der Waals surface area (Å²) in [7, 11) is 0. The maximum atomic E-state index is 4.52. The second kappa shape index (κ2) is 4.98.